The van der Waals surface area contributed by atoms with Gasteiger partial charge in [0, 0.05) is 28.7 Å². The summed E-state index contributed by atoms with van der Waals surface area (Å²) in [6, 6.07) is 21.3. The van der Waals surface area contributed by atoms with Crippen LogP contribution in [0.2, 0.25) is 0 Å². The first-order valence-electron chi connectivity index (χ1n) is 10.6. The van der Waals surface area contributed by atoms with E-state index in [2.05, 4.69) is 74.7 Å². The average molecular weight is 395 g/mol. The van der Waals surface area contributed by atoms with Crippen LogP contribution in [0.15, 0.2) is 77.5 Å². The highest BCUT2D eigenvalue weighted by Gasteiger charge is 2.21. The molecule has 0 aliphatic rings. The molecule has 5 aromatic rings. The van der Waals surface area contributed by atoms with Gasteiger partial charge in [-0.3, -0.25) is 4.57 Å². The second-order valence-electron chi connectivity index (χ2n) is 8.50. The molecule has 3 nitrogen and oxygen atoms in total. The molecule has 0 radical (unpaired) electrons. The van der Waals surface area contributed by atoms with Crippen LogP contribution in [-0.4, -0.2) is 9.55 Å². The molecule has 0 aliphatic heterocycles. The maximum Gasteiger partial charge on any atom is 0.159 e. The second kappa shape index (κ2) is 7.17. The number of furan rings is 1. The molecule has 0 saturated heterocycles. The summed E-state index contributed by atoms with van der Waals surface area (Å²) in [7, 11) is 0. The molecule has 150 valence electrons. The fourth-order valence-corrected chi connectivity index (χ4v) is 4.34. The smallest absolute Gasteiger partial charge is 0.159 e. The van der Waals surface area contributed by atoms with E-state index in [0.717, 1.165) is 33.6 Å². The molecule has 0 bridgehead atoms. The highest BCUT2D eigenvalue weighted by molar-refractivity contribution is 6.09. The third kappa shape index (κ3) is 2.85. The van der Waals surface area contributed by atoms with Crippen LogP contribution in [0.1, 0.15) is 50.7 Å². The summed E-state index contributed by atoms with van der Waals surface area (Å²) in [4.78, 5) is 4.69. The highest BCUT2D eigenvalue weighted by atomic mass is 16.3. The van der Waals surface area contributed by atoms with E-state index in [-0.39, 0.29) is 0 Å². The predicted molar refractivity (Wildman–Crippen MR) is 124 cm³/mol. The Labute approximate surface area is 177 Å². The Kier molecular flexibility index (Phi) is 4.47. The van der Waals surface area contributed by atoms with Crippen molar-refractivity contribution in [1.29, 1.82) is 0 Å². The highest BCUT2D eigenvalue weighted by Crippen LogP contribution is 2.40. The Morgan fingerprint density at radius 2 is 1.47 bits per heavy atom. The number of aromatic nitrogens is 2. The van der Waals surface area contributed by atoms with Gasteiger partial charge in [-0.25, -0.2) is 4.98 Å². The molecular formula is C27H26N2O. The van der Waals surface area contributed by atoms with Gasteiger partial charge in [0.05, 0.1) is 5.69 Å². The molecule has 2 aromatic heterocycles. The minimum Gasteiger partial charge on any atom is -0.454 e. The normalized spacial score (nSPS) is 11.9. The maximum atomic E-state index is 6.63. The largest absolute Gasteiger partial charge is 0.454 e. The number of nitrogens with zero attached hydrogens (tertiary/aromatic N) is 2. The number of hydrogen-bond donors (Lipinski definition) is 0. The SMILES string of the molecule is CC(C)c1ccc2c(oc3c(C(C)C)cccc32)c1-n1ccnc1-c1ccccc1. The molecule has 30 heavy (non-hydrogen) atoms. The fourth-order valence-electron chi connectivity index (χ4n) is 4.34. The summed E-state index contributed by atoms with van der Waals surface area (Å²) in [5, 5.41) is 2.33. The van der Waals surface area contributed by atoms with Crippen LogP contribution in [0.25, 0.3) is 39.0 Å². The van der Waals surface area contributed by atoms with Gasteiger partial charge < -0.3 is 4.42 Å². The first-order chi connectivity index (χ1) is 14.6. The predicted octanol–water partition coefficient (Wildman–Crippen LogP) is 7.69. The van der Waals surface area contributed by atoms with Crippen molar-refractivity contribution in [1.82, 2.24) is 9.55 Å². The van der Waals surface area contributed by atoms with Crippen molar-refractivity contribution in [2.45, 2.75) is 39.5 Å². The molecule has 3 aromatic carbocycles. The van der Waals surface area contributed by atoms with E-state index < -0.39 is 0 Å². The van der Waals surface area contributed by atoms with Crippen LogP contribution < -0.4 is 0 Å². The van der Waals surface area contributed by atoms with Gasteiger partial charge in [0.1, 0.15) is 11.4 Å². The molecule has 3 heteroatoms. The Bertz CT molecular complexity index is 1340. The quantitative estimate of drug-likeness (QED) is 0.313. The number of hydrogen-bond acceptors (Lipinski definition) is 2. The number of rotatable bonds is 4. The molecule has 0 N–H and O–H groups in total. The molecule has 0 unspecified atom stereocenters. The van der Waals surface area contributed by atoms with E-state index in [9.17, 15) is 0 Å². The lowest BCUT2D eigenvalue weighted by Gasteiger charge is -2.16. The summed E-state index contributed by atoms with van der Waals surface area (Å²) in [6.07, 6.45) is 3.91. The minimum atomic E-state index is 0.355. The zero-order chi connectivity index (χ0) is 20.8. The second-order valence-corrected chi connectivity index (χ2v) is 8.50. The van der Waals surface area contributed by atoms with Crippen molar-refractivity contribution in [3.8, 4) is 17.1 Å². The lowest BCUT2D eigenvalue weighted by molar-refractivity contribution is 0.652. The third-order valence-electron chi connectivity index (χ3n) is 5.86. The molecule has 2 heterocycles. The standard InChI is InChI=1S/C27H26N2O/c1-17(2)20-13-14-23-22-12-8-11-21(18(3)4)25(22)30-26(23)24(20)29-16-15-28-27(29)19-9-6-5-7-10-19/h5-18H,1-4H3. The number of benzene rings is 3. The molecule has 0 atom stereocenters. The zero-order valence-electron chi connectivity index (χ0n) is 17.9. The summed E-state index contributed by atoms with van der Waals surface area (Å²) in [6.45, 7) is 8.88. The summed E-state index contributed by atoms with van der Waals surface area (Å²) < 4.78 is 8.82. The van der Waals surface area contributed by atoms with Crippen molar-refractivity contribution in [3.63, 3.8) is 0 Å². The topological polar surface area (TPSA) is 31.0 Å². The van der Waals surface area contributed by atoms with Crippen LogP contribution in [0.5, 0.6) is 0 Å². The van der Waals surface area contributed by atoms with Crippen LogP contribution in [0, 0.1) is 0 Å². The summed E-state index contributed by atoms with van der Waals surface area (Å²) in [5.74, 6) is 1.68. The Hall–Kier alpha value is -3.33. The van der Waals surface area contributed by atoms with E-state index >= 15 is 0 Å². The van der Waals surface area contributed by atoms with Crippen LogP contribution in [0.4, 0.5) is 0 Å². The van der Waals surface area contributed by atoms with Gasteiger partial charge in [0.15, 0.2) is 5.58 Å². The van der Waals surface area contributed by atoms with E-state index in [1.807, 2.05) is 30.6 Å². The molecule has 0 amide bonds. The molecule has 0 fully saturated rings. The van der Waals surface area contributed by atoms with Crippen LogP contribution >= 0.6 is 0 Å². The molecular weight excluding hydrogens is 368 g/mol. The van der Waals surface area contributed by atoms with Gasteiger partial charge in [-0.2, -0.15) is 0 Å². The van der Waals surface area contributed by atoms with E-state index in [0.29, 0.717) is 11.8 Å². The van der Waals surface area contributed by atoms with Gasteiger partial charge in [-0.15, -0.1) is 0 Å². The third-order valence-corrected chi connectivity index (χ3v) is 5.86. The van der Waals surface area contributed by atoms with Gasteiger partial charge in [-0.05, 0) is 23.0 Å². The lowest BCUT2D eigenvalue weighted by atomic mass is 9.97. The summed E-state index contributed by atoms with van der Waals surface area (Å²) in [5.41, 5.74) is 6.60. The number of imidazole rings is 1. The Balaban J connectivity index is 1.88. The van der Waals surface area contributed by atoms with E-state index in [1.54, 1.807) is 0 Å². The number of para-hydroxylation sites is 1. The average Bonchev–Trinajstić information content (AvgIpc) is 3.38. The van der Waals surface area contributed by atoms with Gasteiger partial charge in [-0.1, -0.05) is 88.4 Å². The van der Waals surface area contributed by atoms with Crippen LogP contribution in [0.3, 0.4) is 0 Å². The zero-order valence-corrected chi connectivity index (χ0v) is 17.9. The monoisotopic (exact) mass is 394 g/mol. The van der Waals surface area contributed by atoms with Crippen molar-refractivity contribution in [2.75, 3.05) is 0 Å². The van der Waals surface area contributed by atoms with Crippen molar-refractivity contribution < 1.29 is 4.42 Å². The van der Waals surface area contributed by atoms with Crippen molar-refractivity contribution in [2.24, 2.45) is 0 Å². The van der Waals surface area contributed by atoms with Crippen molar-refractivity contribution in [3.05, 3.63) is 84.2 Å². The van der Waals surface area contributed by atoms with Gasteiger partial charge in [0.25, 0.3) is 0 Å². The molecule has 0 aliphatic carbocycles. The summed E-state index contributed by atoms with van der Waals surface area (Å²) >= 11 is 0. The molecule has 0 spiro atoms. The molecule has 5 rings (SSSR count). The minimum absolute atomic E-state index is 0.355. The Morgan fingerprint density at radius 1 is 0.733 bits per heavy atom. The maximum absolute atomic E-state index is 6.63. The first-order valence-corrected chi connectivity index (χ1v) is 10.6. The molecule has 0 saturated carbocycles. The van der Waals surface area contributed by atoms with Gasteiger partial charge >= 0.3 is 0 Å². The van der Waals surface area contributed by atoms with Crippen LogP contribution in [-0.2, 0) is 0 Å². The fraction of sp³-hybridized carbons (Fsp3) is 0.222. The number of fused-ring (bicyclic) bond motifs is 3. The van der Waals surface area contributed by atoms with E-state index in [4.69, 9.17) is 9.40 Å². The van der Waals surface area contributed by atoms with Crippen molar-refractivity contribution >= 4 is 21.9 Å². The lowest BCUT2D eigenvalue weighted by Crippen LogP contribution is -2.03. The van der Waals surface area contributed by atoms with E-state index in [1.165, 1.54) is 16.5 Å². The van der Waals surface area contributed by atoms with Gasteiger partial charge in [0.2, 0.25) is 0 Å². The Morgan fingerprint density at radius 3 is 2.20 bits per heavy atom. The first kappa shape index (κ1) is 18.7.